The number of rotatable bonds is 4. The summed E-state index contributed by atoms with van der Waals surface area (Å²) in [5, 5.41) is 3.87. The molecule has 2 aliphatic rings. The quantitative estimate of drug-likeness (QED) is 0.885. The van der Waals surface area contributed by atoms with Crippen LogP contribution in [-0.2, 0) is 11.3 Å². The van der Waals surface area contributed by atoms with Crippen LogP contribution in [0, 0.1) is 11.7 Å². The summed E-state index contributed by atoms with van der Waals surface area (Å²) in [5.41, 5.74) is 1.82. The van der Waals surface area contributed by atoms with Gasteiger partial charge in [-0.05, 0) is 49.4 Å². The molecular weight excluding hydrogens is 341 g/mol. The van der Waals surface area contributed by atoms with Crippen molar-refractivity contribution in [3.63, 3.8) is 0 Å². The van der Waals surface area contributed by atoms with Crippen molar-refractivity contribution in [1.82, 2.24) is 15.2 Å². The van der Waals surface area contributed by atoms with Gasteiger partial charge in [0.2, 0.25) is 5.91 Å². The van der Waals surface area contributed by atoms with Gasteiger partial charge >= 0.3 is 0 Å². The minimum Gasteiger partial charge on any atom is -0.353 e. The third-order valence-electron chi connectivity index (χ3n) is 6.10. The van der Waals surface area contributed by atoms with Crippen LogP contribution in [0.15, 0.2) is 30.5 Å². The molecule has 0 bridgehead atoms. The Morgan fingerprint density at radius 1 is 1.11 bits per heavy atom. The monoisotopic (exact) mass is 369 g/mol. The number of piperidine rings is 1. The summed E-state index contributed by atoms with van der Waals surface area (Å²) >= 11 is 0. The fourth-order valence-corrected chi connectivity index (χ4v) is 4.48. The van der Waals surface area contributed by atoms with Gasteiger partial charge in [-0.2, -0.15) is 0 Å². The average molecular weight is 369 g/mol. The number of pyridine rings is 1. The van der Waals surface area contributed by atoms with Gasteiger partial charge in [-0.3, -0.25) is 14.7 Å². The molecule has 1 aliphatic carbocycles. The number of halogens is 1. The van der Waals surface area contributed by atoms with Gasteiger partial charge in [-0.15, -0.1) is 0 Å². The number of hydrogen-bond donors (Lipinski definition) is 1. The van der Waals surface area contributed by atoms with Crippen molar-refractivity contribution in [1.29, 1.82) is 0 Å². The first-order valence-corrected chi connectivity index (χ1v) is 10.3. The zero-order valence-electron chi connectivity index (χ0n) is 15.8. The Balaban J connectivity index is 1.32. The number of aromatic nitrogens is 1. The highest BCUT2D eigenvalue weighted by Gasteiger charge is 2.26. The van der Waals surface area contributed by atoms with Crippen LogP contribution >= 0.6 is 0 Å². The maximum atomic E-state index is 14.0. The molecule has 2 fully saturated rings. The highest BCUT2D eigenvalue weighted by Crippen LogP contribution is 2.25. The molecule has 0 unspecified atom stereocenters. The summed E-state index contributed by atoms with van der Waals surface area (Å²) < 4.78 is 14.0. The van der Waals surface area contributed by atoms with Crippen molar-refractivity contribution < 1.29 is 9.18 Å². The molecule has 4 rings (SSSR count). The fraction of sp³-hybridized carbons (Fsp3) is 0.545. The summed E-state index contributed by atoms with van der Waals surface area (Å²) in [6, 6.07) is 7.24. The SMILES string of the molecule is O=C(NC1CCN(Cc2ccc(F)c3cccnc23)CC1)C1CCCCC1. The topological polar surface area (TPSA) is 45.2 Å². The van der Waals surface area contributed by atoms with Crippen LogP contribution in [0.3, 0.4) is 0 Å². The van der Waals surface area contributed by atoms with Crippen molar-refractivity contribution in [2.75, 3.05) is 13.1 Å². The number of nitrogens with one attached hydrogen (secondary N) is 1. The third-order valence-corrected chi connectivity index (χ3v) is 6.10. The second-order valence-electron chi connectivity index (χ2n) is 8.00. The Kier molecular flexibility index (Phi) is 5.67. The van der Waals surface area contributed by atoms with Crippen LogP contribution < -0.4 is 5.32 Å². The van der Waals surface area contributed by atoms with E-state index in [0.717, 1.165) is 56.4 Å². The van der Waals surface area contributed by atoms with Crippen LogP contribution in [0.5, 0.6) is 0 Å². The Morgan fingerprint density at radius 3 is 2.67 bits per heavy atom. The molecular formula is C22H28FN3O. The zero-order chi connectivity index (χ0) is 18.6. The number of carbonyl (C=O) groups is 1. The number of benzene rings is 1. The number of hydrogen-bond acceptors (Lipinski definition) is 3. The summed E-state index contributed by atoms with van der Waals surface area (Å²) in [5.74, 6) is 0.279. The maximum Gasteiger partial charge on any atom is 0.223 e. The minimum atomic E-state index is -0.217. The zero-order valence-corrected chi connectivity index (χ0v) is 15.8. The lowest BCUT2D eigenvalue weighted by Gasteiger charge is -2.33. The number of fused-ring (bicyclic) bond motifs is 1. The van der Waals surface area contributed by atoms with Crippen molar-refractivity contribution >= 4 is 16.8 Å². The first kappa shape index (κ1) is 18.4. The minimum absolute atomic E-state index is 0.217. The van der Waals surface area contributed by atoms with Crippen molar-refractivity contribution in [2.45, 2.75) is 57.5 Å². The molecule has 1 aliphatic heterocycles. The molecule has 5 heteroatoms. The Morgan fingerprint density at radius 2 is 1.89 bits per heavy atom. The van der Waals surface area contributed by atoms with Gasteiger partial charge in [0.05, 0.1) is 5.52 Å². The van der Waals surface area contributed by atoms with E-state index in [2.05, 4.69) is 15.2 Å². The number of likely N-dealkylation sites (tertiary alicyclic amines) is 1. The van der Waals surface area contributed by atoms with Crippen LogP contribution in [-0.4, -0.2) is 34.9 Å². The van der Waals surface area contributed by atoms with E-state index in [-0.39, 0.29) is 17.6 Å². The second-order valence-corrected chi connectivity index (χ2v) is 8.00. The van der Waals surface area contributed by atoms with Crippen LogP contribution in [0.2, 0.25) is 0 Å². The molecule has 144 valence electrons. The first-order chi connectivity index (χ1) is 13.2. The lowest BCUT2D eigenvalue weighted by atomic mass is 9.88. The third kappa shape index (κ3) is 4.29. The average Bonchev–Trinajstić information content (AvgIpc) is 2.72. The number of carbonyl (C=O) groups excluding carboxylic acids is 1. The highest BCUT2D eigenvalue weighted by atomic mass is 19.1. The smallest absolute Gasteiger partial charge is 0.223 e. The van der Waals surface area contributed by atoms with E-state index in [1.165, 1.54) is 25.3 Å². The lowest BCUT2D eigenvalue weighted by molar-refractivity contribution is -0.127. The van der Waals surface area contributed by atoms with E-state index in [0.29, 0.717) is 11.4 Å². The molecule has 0 atom stereocenters. The molecule has 4 nitrogen and oxygen atoms in total. The summed E-state index contributed by atoms with van der Waals surface area (Å²) in [7, 11) is 0. The molecule has 2 heterocycles. The standard InChI is InChI=1S/C22H28FN3O/c23-20-9-8-17(21-19(20)7-4-12-24-21)15-26-13-10-18(11-14-26)25-22(27)16-5-2-1-3-6-16/h4,7-9,12,16,18H,1-3,5-6,10-11,13-15H2,(H,25,27). The van der Waals surface area contributed by atoms with E-state index >= 15 is 0 Å². The molecule has 0 radical (unpaired) electrons. The van der Waals surface area contributed by atoms with E-state index in [4.69, 9.17) is 0 Å². The van der Waals surface area contributed by atoms with Crippen LogP contribution in [0.25, 0.3) is 10.9 Å². The van der Waals surface area contributed by atoms with Gasteiger partial charge in [-0.25, -0.2) is 4.39 Å². The van der Waals surface area contributed by atoms with E-state index in [1.807, 2.05) is 6.07 Å². The summed E-state index contributed by atoms with van der Waals surface area (Å²) in [6.45, 7) is 2.67. The van der Waals surface area contributed by atoms with Crippen molar-refractivity contribution in [2.24, 2.45) is 5.92 Å². The molecule has 1 amide bonds. The van der Waals surface area contributed by atoms with E-state index < -0.39 is 0 Å². The maximum absolute atomic E-state index is 14.0. The van der Waals surface area contributed by atoms with Gasteiger partial charge in [0.25, 0.3) is 0 Å². The van der Waals surface area contributed by atoms with Crippen LogP contribution in [0.4, 0.5) is 4.39 Å². The largest absolute Gasteiger partial charge is 0.353 e. The normalized spacial score (nSPS) is 20.0. The first-order valence-electron chi connectivity index (χ1n) is 10.3. The predicted molar refractivity (Wildman–Crippen MR) is 105 cm³/mol. The number of nitrogens with zero attached hydrogens (tertiary/aromatic N) is 2. The van der Waals surface area contributed by atoms with Crippen molar-refractivity contribution in [3.8, 4) is 0 Å². The molecule has 1 saturated carbocycles. The molecule has 1 saturated heterocycles. The van der Waals surface area contributed by atoms with Crippen LogP contribution in [0.1, 0.15) is 50.5 Å². The number of amides is 1. The Hall–Kier alpha value is -2.01. The predicted octanol–water partition coefficient (Wildman–Crippen LogP) is 4.03. The fourth-order valence-electron chi connectivity index (χ4n) is 4.48. The van der Waals surface area contributed by atoms with E-state index in [9.17, 15) is 9.18 Å². The molecule has 1 aromatic carbocycles. The summed E-state index contributed by atoms with van der Waals surface area (Å²) in [6.07, 6.45) is 9.43. The molecule has 0 spiro atoms. The highest BCUT2D eigenvalue weighted by molar-refractivity contribution is 5.82. The summed E-state index contributed by atoms with van der Waals surface area (Å²) in [4.78, 5) is 19.2. The molecule has 2 aromatic rings. The molecule has 1 N–H and O–H groups in total. The van der Waals surface area contributed by atoms with Gasteiger partial charge in [0.15, 0.2) is 0 Å². The van der Waals surface area contributed by atoms with Gasteiger partial charge in [0.1, 0.15) is 5.82 Å². The van der Waals surface area contributed by atoms with Crippen molar-refractivity contribution in [3.05, 3.63) is 41.8 Å². The Labute approximate surface area is 160 Å². The van der Waals surface area contributed by atoms with Gasteiger partial charge in [-0.1, -0.05) is 25.3 Å². The Bertz CT molecular complexity index is 795. The molecule has 1 aromatic heterocycles. The molecule has 27 heavy (non-hydrogen) atoms. The van der Waals surface area contributed by atoms with E-state index in [1.54, 1.807) is 18.3 Å². The second kappa shape index (κ2) is 8.34. The van der Waals surface area contributed by atoms with Gasteiger partial charge < -0.3 is 5.32 Å². The van der Waals surface area contributed by atoms with Gasteiger partial charge in [0, 0.05) is 43.2 Å². The lowest BCUT2D eigenvalue weighted by Crippen LogP contribution is -2.46.